The van der Waals surface area contributed by atoms with Crippen LogP contribution < -0.4 is 0 Å². The Morgan fingerprint density at radius 1 is 0.404 bits per heavy atom. The maximum atomic E-state index is 12.8. The zero-order valence-electron chi connectivity index (χ0n) is 35.4. The summed E-state index contributed by atoms with van der Waals surface area (Å²) in [5.41, 5.74) is 0. The Kier molecular flexibility index (Phi) is 43.0. The van der Waals surface area contributed by atoms with E-state index in [1.54, 1.807) is 0 Å². The van der Waals surface area contributed by atoms with Crippen molar-refractivity contribution in [2.24, 2.45) is 0 Å². The summed E-state index contributed by atoms with van der Waals surface area (Å²) < 4.78 is 6.08. The third-order valence-electron chi connectivity index (χ3n) is 11.0. The molecule has 0 saturated heterocycles. The molecule has 4 heteroatoms. The Hall–Kier alpha value is -1.32. The van der Waals surface area contributed by atoms with E-state index in [2.05, 4.69) is 26.0 Å². The standard InChI is InChI=1S/C48H92O4/c1-3-5-7-9-11-12-13-14-15-16-17-18-19-20-21-22-26-29-33-37-41-45-48(51)52-46(42-38-34-30-10-8-6-4-2)43-39-35-31-27-24-23-25-28-32-36-40-44-47(49)50/h14-15,46H,3-13,16-45H2,1-2H3,(H,49,50)/b15-14-. The van der Waals surface area contributed by atoms with E-state index < -0.39 is 5.97 Å². The first-order valence-corrected chi connectivity index (χ1v) is 23.7. The van der Waals surface area contributed by atoms with Crippen LogP contribution in [0.3, 0.4) is 0 Å². The zero-order chi connectivity index (χ0) is 37.8. The fourth-order valence-electron chi connectivity index (χ4n) is 7.48. The predicted octanol–water partition coefficient (Wildman–Crippen LogP) is 16.6. The molecule has 0 bridgehead atoms. The van der Waals surface area contributed by atoms with Gasteiger partial charge in [-0.3, -0.25) is 9.59 Å². The van der Waals surface area contributed by atoms with Gasteiger partial charge in [0.05, 0.1) is 0 Å². The van der Waals surface area contributed by atoms with Gasteiger partial charge in [0, 0.05) is 12.8 Å². The summed E-state index contributed by atoms with van der Waals surface area (Å²) in [5, 5.41) is 8.73. The molecule has 0 saturated carbocycles. The van der Waals surface area contributed by atoms with Crippen LogP contribution in [0, 0.1) is 0 Å². The number of aliphatic carboxylic acids is 1. The molecule has 0 aliphatic carbocycles. The predicted molar refractivity (Wildman–Crippen MR) is 227 cm³/mol. The van der Waals surface area contributed by atoms with E-state index in [-0.39, 0.29) is 12.1 Å². The average Bonchev–Trinajstić information content (AvgIpc) is 3.13. The smallest absolute Gasteiger partial charge is 0.306 e. The highest BCUT2D eigenvalue weighted by molar-refractivity contribution is 5.69. The van der Waals surface area contributed by atoms with Gasteiger partial charge < -0.3 is 9.84 Å². The Balaban J connectivity index is 3.86. The van der Waals surface area contributed by atoms with Crippen LogP contribution in [0.15, 0.2) is 12.2 Å². The molecule has 0 aromatic carbocycles. The first-order valence-electron chi connectivity index (χ1n) is 23.7. The highest BCUT2D eigenvalue weighted by atomic mass is 16.5. The summed E-state index contributed by atoms with van der Waals surface area (Å²) in [6.07, 6.45) is 55.6. The van der Waals surface area contributed by atoms with E-state index in [0.29, 0.717) is 12.8 Å². The molecule has 0 rings (SSSR count). The Morgan fingerprint density at radius 3 is 1.04 bits per heavy atom. The van der Waals surface area contributed by atoms with Crippen molar-refractivity contribution >= 4 is 11.9 Å². The van der Waals surface area contributed by atoms with Crippen molar-refractivity contribution in [3.05, 3.63) is 12.2 Å². The van der Waals surface area contributed by atoms with Crippen molar-refractivity contribution in [1.29, 1.82) is 0 Å². The van der Waals surface area contributed by atoms with E-state index in [9.17, 15) is 9.59 Å². The summed E-state index contributed by atoms with van der Waals surface area (Å²) in [7, 11) is 0. The van der Waals surface area contributed by atoms with Gasteiger partial charge in [0.25, 0.3) is 0 Å². The van der Waals surface area contributed by atoms with E-state index >= 15 is 0 Å². The lowest BCUT2D eigenvalue weighted by molar-refractivity contribution is -0.150. The van der Waals surface area contributed by atoms with Gasteiger partial charge in [0.2, 0.25) is 0 Å². The van der Waals surface area contributed by atoms with Gasteiger partial charge in [0.15, 0.2) is 0 Å². The molecule has 1 N–H and O–H groups in total. The van der Waals surface area contributed by atoms with E-state index in [1.165, 1.54) is 212 Å². The van der Waals surface area contributed by atoms with Gasteiger partial charge >= 0.3 is 11.9 Å². The Morgan fingerprint density at radius 2 is 0.692 bits per heavy atom. The largest absolute Gasteiger partial charge is 0.481 e. The Bertz CT molecular complexity index is 747. The van der Waals surface area contributed by atoms with Crippen molar-refractivity contribution in [1.82, 2.24) is 0 Å². The SMILES string of the molecule is CCCCCCCC/C=C\CCCCCCCCCCCCCC(=O)OC(CCCCCCCCC)CCCCCCCCCCCCCC(=O)O. The number of esters is 1. The van der Waals surface area contributed by atoms with Crippen LogP contribution >= 0.6 is 0 Å². The maximum Gasteiger partial charge on any atom is 0.306 e. The van der Waals surface area contributed by atoms with Gasteiger partial charge in [-0.25, -0.2) is 0 Å². The molecule has 52 heavy (non-hydrogen) atoms. The van der Waals surface area contributed by atoms with Crippen molar-refractivity contribution in [3.63, 3.8) is 0 Å². The Labute approximate surface area is 325 Å². The number of unbranched alkanes of at least 4 members (excludes halogenated alkanes) is 33. The lowest BCUT2D eigenvalue weighted by atomic mass is 10.0. The van der Waals surface area contributed by atoms with Crippen LogP contribution in [0.25, 0.3) is 0 Å². The fraction of sp³-hybridized carbons (Fsp3) is 0.917. The molecule has 0 aliphatic heterocycles. The van der Waals surface area contributed by atoms with Gasteiger partial charge in [-0.2, -0.15) is 0 Å². The first kappa shape index (κ1) is 50.7. The molecule has 0 fully saturated rings. The summed E-state index contributed by atoms with van der Waals surface area (Å²) in [6, 6.07) is 0. The number of hydrogen-bond acceptors (Lipinski definition) is 3. The minimum absolute atomic E-state index is 0.0456. The molecule has 4 nitrogen and oxygen atoms in total. The van der Waals surface area contributed by atoms with E-state index in [0.717, 1.165) is 38.5 Å². The van der Waals surface area contributed by atoms with Gasteiger partial charge in [-0.15, -0.1) is 0 Å². The monoisotopic (exact) mass is 733 g/mol. The molecule has 0 spiro atoms. The second kappa shape index (κ2) is 44.1. The van der Waals surface area contributed by atoms with Crippen LogP contribution in [-0.2, 0) is 14.3 Å². The number of carboxylic acid groups (broad SMARTS) is 1. The molecule has 0 heterocycles. The van der Waals surface area contributed by atoms with Gasteiger partial charge in [0.1, 0.15) is 6.10 Å². The molecule has 0 aromatic rings. The number of carbonyl (C=O) groups excluding carboxylic acids is 1. The maximum absolute atomic E-state index is 12.8. The summed E-state index contributed by atoms with van der Waals surface area (Å²) >= 11 is 0. The van der Waals surface area contributed by atoms with Crippen molar-refractivity contribution in [3.8, 4) is 0 Å². The second-order valence-electron chi connectivity index (χ2n) is 16.3. The van der Waals surface area contributed by atoms with Crippen molar-refractivity contribution < 1.29 is 19.4 Å². The minimum Gasteiger partial charge on any atom is -0.481 e. The highest BCUT2D eigenvalue weighted by Gasteiger charge is 2.14. The number of hydrogen-bond donors (Lipinski definition) is 1. The van der Waals surface area contributed by atoms with Crippen molar-refractivity contribution in [2.45, 2.75) is 283 Å². The van der Waals surface area contributed by atoms with E-state index in [4.69, 9.17) is 9.84 Å². The molecule has 0 aliphatic rings. The zero-order valence-corrected chi connectivity index (χ0v) is 35.4. The lowest BCUT2D eigenvalue weighted by Crippen LogP contribution is -2.18. The summed E-state index contributed by atoms with van der Waals surface area (Å²) in [6.45, 7) is 4.56. The minimum atomic E-state index is -0.669. The molecule has 308 valence electrons. The normalized spacial score (nSPS) is 12.2. The van der Waals surface area contributed by atoms with Gasteiger partial charge in [-0.05, 0) is 64.2 Å². The number of carboxylic acids is 1. The molecular formula is C48H92O4. The van der Waals surface area contributed by atoms with Crippen LogP contribution in [0.5, 0.6) is 0 Å². The van der Waals surface area contributed by atoms with Gasteiger partial charge in [-0.1, -0.05) is 212 Å². The van der Waals surface area contributed by atoms with Crippen LogP contribution in [0.4, 0.5) is 0 Å². The first-order chi connectivity index (χ1) is 25.6. The van der Waals surface area contributed by atoms with Crippen molar-refractivity contribution in [2.75, 3.05) is 0 Å². The number of ether oxygens (including phenoxy) is 1. The molecule has 0 amide bonds. The summed E-state index contributed by atoms with van der Waals surface area (Å²) in [5.74, 6) is -0.623. The van der Waals surface area contributed by atoms with Crippen LogP contribution in [-0.4, -0.2) is 23.1 Å². The summed E-state index contributed by atoms with van der Waals surface area (Å²) in [4.78, 5) is 23.4. The molecule has 0 radical (unpaired) electrons. The second-order valence-corrected chi connectivity index (χ2v) is 16.3. The fourth-order valence-corrected chi connectivity index (χ4v) is 7.48. The highest BCUT2D eigenvalue weighted by Crippen LogP contribution is 2.20. The lowest BCUT2D eigenvalue weighted by Gasteiger charge is -2.18. The molecule has 0 aromatic heterocycles. The topological polar surface area (TPSA) is 63.6 Å². The number of rotatable bonds is 44. The third kappa shape index (κ3) is 43.1. The van der Waals surface area contributed by atoms with E-state index in [1.807, 2.05) is 0 Å². The quantitative estimate of drug-likeness (QED) is 0.0385. The third-order valence-corrected chi connectivity index (χ3v) is 11.0. The molecule has 1 atom stereocenters. The molecule has 1 unspecified atom stereocenters. The van der Waals surface area contributed by atoms with Crippen LogP contribution in [0.2, 0.25) is 0 Å². The number of carbonyl (C=O) groups is 2. The number of allylic oxidation sites excluding steroid dienone is 2. The molecular weight excluding hydrogens is 641 g/mol. The van der Waals surface area contributed by atoms with Crippen LogP contribution in [0.1, 0.15) is 277 Å². The average molecular weight is 733 g/mol.